The molecule has 0 aromatic carbocycles. The molecule has 0 aliphatic heterocycles. The topological polar surface area (TPSA) is 90.0 Å². The Balaban J connectivity index is 1.80. The number of hydrogen-bond acceptors (Lipinski definition) is 6. The van der Waals surface area contributed by atoms with Crippen molar-refractivity contribution in [2.45, 2.75) is 10.9 Å². The summed E-state index contributed by atoms with van der Waals surface area (Å²) in [6.07, 6.45) is 5.72. The summed E-state index contributed by atoms with van der Waals surface area (Å²) in [6, 6.07) is 5.47. The van der Waals surface area contributed by atoms with E-state index in [1.807, 2.05) is 17.5 Å². The molecule has 0 spiro atoms. The molecule has 3 aromatic rings. The Hall–Kier alpha value is -1.97. The van der Waals surface area contributed by atoms with Gasteiger partial charge >= 0.3 is 0 Å². The molecule has 0 amide bonds. The van der Waals surface area contributed by atoms with Crippen LogP contribution in [0.1, 0.15) is 10.9 Å². The molecule has 0 radical (unpaired) electrons. The van der Waals surface area contributed by atoms with Crippen LogP contribution in [0.25, 0.3) is 0 Å². The van der Waals surface area contributed by atoms with Gasteiger partial charge in [0.1, 0.15) is 11.2 Å². The van der Waals surface area contributed by atoms with Crippen molar-refractivity contribution in [2.75, 3.05) is 6.54 Å². The number of nitrogens with one attached hydrogen (secondary N) is 1. The van der Waals surface area contributed by atoms with Gasteiger partial charge in [-0.05, 0) is 17.5 Å². The molecule has 3 heterocycles. The minimum absolute atomic E-state index is 0.00731. The lowest BCUT2D eigenvalue weighted by atomic mass is 10.2. The van der Waals surface area contributed by atoms with Crippen LogP contribution in [0.3, 0.4) is 0 Å². The molecule has 1 atom stereocenters. The Kier molecular flexibility index (Phi) is 3.86. The quantitative estimate of drug-likeness (QED) is 0.742. The first-order valence-electron chi connectivity index (χ1n) is 6.08. The van der Waals surface area contributed by atoms with Gasteiger partial charge in [0, 0.05) is 23.8 Å². The normalized spacial score (nSPS) is 13.3. The average molecular weight is 324 g/mol. The number of aromatic nitrogens is 3. The Bertz CT molecular complexity index is 730. The summed E-state index contributed by atoms with van der Waals surface area (Å²) in [7, 11) is -3.64. The van der Waals surface area contributed by atoms with Gasteiger partial charge in [0.05, 0.1) is 12.2 Å². The first-order chi connectivity index (χ1) is 10.2. The minimum atomic E-state index is -3.64. The Morgan fingerprint density at radius 1 is 1.43 bits per heavy atom. The summed E-state index contributed by atoms with van der Waals surface area (Å²) in [5, 5.41) is 9.54. The highest BCUT2D eigenvalue weighted by Gasteiger charge is 2.21. The van der Waals surface area contributed by atoms with Crippen molar-refractivity contribution in [3.05, 3.63) is 53.3 Å². The van der Waals surface area contributed by atoms with Crippen LogP contribution in [0.2, 0.25) is 0 Å². The van der Waals surface area contributed by atoms with E-state index in [1.165, 1.54) is 0 Å². The summed E-state index contributed by atoms with van der Waals surface area (Å²) in [6.45, 7) is 0.190. The zero-order valence-electron chi connectivity index (χ0n) is 10.8. The van der Waals surface area contributed by atoms with Gasteiger partial charge in [-0.3, -0.25) is 4.68 Å². The predicted molar refractivity (Wildman–Crippen MR) is 76.4 cm³/mol. The van der Waals surface area contributed by atoms with E-state index in [2.05, 4.69) is 19.5 Å². The van der Waals surface area contributed by atoms with E-state index in [0.29, 0.717) is 0 Å². The van der Waals surface area contributed by atoms with Gasteiger partial charge in [-0.1, -0.05) is 11.2 Å². The third kappa shape index (κ3) is 3.04. The van der Waals surface area contributed by atoms with Gasteiger partial charge in [0.25, 0.3) is 0 Å². The Labute approximate surface area is 125 Å². The zero-order valence-corrected chi connectivity index (χ0v) is 12.4. The Morgan fingerprint density at radius 3 is 2.95 bits per heavy atom. The smallest absolute Gasteiger partial charge is 0.245 e. The first-order valence-corrected chi connectivity index (χ1v) is 8.45. The van der Waals surface area contributed by atoms with E-state index in [1.54, 1.807) is 34.5 Å². The second-order valence-electron chi connectivity index (χ2n) is 4.23. The third-order valence-corrected chi connectivity index (χ3v) is 5.24. The largest absolute Gasteiger partial charge is 0.363 e. The molecule has 3 rings (SSSR count). The molecule has 1 N–H and O–H groups in total. The van der Waals surface area contributed by atoms with Crippen molar-refractivity contribution in [2.24, 2.45) is 0 Å². The molecular weight excluding hydrogens is 312 g/mol. The molecule has 0 aliphatic rings. The van der Waals surface area contributed by atoms with Gasteiger partial charge < -0.3 is 4.52 Å². The number of nitrogens with zero attached hydrogens (tertiary/aromatic N) is 3. The van der Waals surface area contributed by atoms with Gasteiger partial charge in [-0.2, -0.15) is 5.10 Å². The molecule has 9 heteroatoms. The van der Waals surface area contributed by atoms with Crippen molar-refractivity contribution >= 4 is 21.4 Å². The first kappa shape index (κ1) is 14.0. The predicted octanol–water partition coefficient (Wildman–Crippen LogP) is 1.50. The zero-order chi connectivity index (χ0) is 14.7. The molecule has 0 saturated carbocycles. The van der Waals surface area contributed by atoms with E-state index >= 15 is 0 Å². The van der Waals surface area contributed by atoms with Crippen LogP contribution >= 0.6 is 11.3 Å². The van der Waals surface area contributed by atoms with E-state index in [9.17, 15) is 8.42 Å². The summed E-state index contributed by atoms with van der Waals surface area (Å²) >= 11 is 1.55. The van der Waals surface area contributed by atoms with E-state index < -0.39 is 10.0 Å². The monoisotopic (exact) mass is 324 g/mol. The highest BCUT2D eigenvalue weighted by Crippen LogP contribution is 2.22. The second-order valence-corrected chi connectivity index (χ2v) is 6.98. The van der Waals surface area contributed by atoms with E-state index in [-0.39, 0.29) is 17.5 Å². The van der Waals surface area contributed by atoms with Gasteiger partial charge in [0.15, 0.2) is 0 Å². The van der Waals surface area contributed by atoms with Crippen molar-refractivity contribution in [1.29, 1.82) is 0 Å². The molecule has 0 aliphatic carbocycles. The molecule has 7 nitrogen and oxygen atoms in total. The van der Waals surface area contributed by atoms with Crippen LogP contribution in [0.5, 0.6) is 0 Å². The summed E-state index contributed by atoms with van der Waals surface area (Å²) in [5.74, 6) is 0. The molecule has 0 fully saturated rings. The Morgan fingerprint density at radius 2 is 2.33 bits per heavy atom. The fourth-order valence-electron chi connectivity index (χ4n) is 1.87. The second kappa shape index (κ2) is 5.80. The fourth-order valence-corrected chi connectivity index (χ4v) is 3.59. The number of rotatable bonds is 6. The van der Waals surface area contributed by atoms with E-state index in [0.717, 1.165) is 17.3 Å². The van der Waals surface area contributed by atoms with Crippen LogP contribution in [0.4, 0.5) is 0 Å². The summed E-state index contributed by atoms with van der Waals surface area (Å²) < 4.78 is 33.0. The molecule has 110 valence electrons. The molecule has 21 heavy (non-hydrogen) atoms. The lowest BCUT2D eigenvalue weighted by Crippen LogP contribution is -2.31. The van der Waals surface area contributed by atoms with Crippen molar-refractivity contribution in [3.63, 3.8) is 0 Å². The maximum Gasteiger partial charge on any atom is 0.245 e. The van der Waals surface area contributed by atoms with Crippen LogP contribution < -0.4 is 4.72 Å². The molecule has 1 unspecified atom stereocenters. The van der Waals surface area contributed by atoms with Crippen molar-refractivity contribution < 1.29 is 12.9 Å². The number of thiophene rings is 1. The lowest BCUT2D eigenvalue weighted by molar-refractivity contribution is 0.417. The van der Waals surface area contributed by atoms with Crippen molar-refractivity contribution in [1.82, 2.24) is 19.7 Å². The molecule has 3 aromatic heterocycles. The van der Waals surface area contributed by atoms with Gasteiger partial charge in [-0.15, -0.1) is 11.3 Å². The van der Waals surface area contributed by atoms with Gasteiger partial charge in [-0.25, -0.2) is 13.1 Å². The van der Waals surface area contributed by atoms with Gasteiger partial charge in [0.2, 0.25) is 10.0 Å². The maximum atomic E-state index is 12.1. The summed E-state index contributed by atoms with van der Waals surface area (Å²) in [4.78, 5) is 1.03. The minimum Gasteiger partial charge on any atom is -0.363 e. The SMILES string of the molecule is O=S(=O)(NCC(c1cccs1)n1cccn1)c1cnoc1. The molecule has 0 bridgehead atoms. The van der Waals surface area contributed by atoms with Crippen LogP contribution in [-0.2, 0) is 10.0 Å². The maximum absolute atomic E-state index is 12.1. The summed E-state index contributed by atoms with van der Waals surface area (Å²) in [5.41, 5.74) is 0. The number of hydrogen-bond donors (Lipinski definition) is 1. The number of sulfonamides is 1. The van der Waals surface area contributed by atoms with Crippen LogP contribution in [0.15, 0.2) is 57.9 Å². The van der Waals surface area contributed by atoms with E-state index in [4.69, 9.17) is 0 Å². The van der Waals surface area contributed by atoms with Crippen LogP contribution in [0, 0.1) is 0 Å². The fraction of sp³-hybridized carbons (Fsp3) is 0.167. The molecule has 0 saturated heterocycles. The van der Waals surface area contributed by atoms with Crippen molar-refractivity contribution in [3.8, 4) is 0 Å². The highest BCUT2D eigenvalue weighted by molar-refractivity contribution is 7.89. The van der Waals surface area contributed by atoms with Crippen LogP contribution in [-0.4, -0.2) is 29.9 Å². The average Bonchev–Trinajstić information content (AvgIpc) is 3.23. The molecular formula is C12H12N4O3S2. The lowest BCUT2D eigenvalue weighted by Gasteiger charge is -2.16. The standard InChI is InChI=1S/C12H12N4O3S2/c17-21(18,10-7-14-19-9-10)15-8-11(12-3-1-6-20-12)16-5-2-4-13-16/h1-7,9,11,15H,8H2. The highest BCUT2D eigenvalue weighted by atomic mass is 32.2. The third-order valence-electron chi connectivity index (χ3n) is 2.90.